The molecule has 0 aliphatic heterocycles. The Hall–Kier alpha value is -1.86. The normalized spacial score (nSPS) is 12.0. The molecule has 0 saturated heterocycles. The monoisotopic (exact) mass is 392 g/mol. The van der Waals surface area contributed by atoms with Crippen molar-refractivity contribution in [3.05, 3.63) is 46.5 Å². The van der Waals surface area contributed by atoms with Crippen LogP contribution in [0.2, 0.25) is 0 Å². The van der Waals surface area contributed by atoms with E-state index in [1.54, 1.807) is 42.2 Å². The third kappa shape index (κ3) is 6.14. The van der Waals surface area contributed by atoms with Gasteiger partial charge in [-0.3, -0.25) is 4.79 Å². The lowest BCUT2D eigenvalue weighted by molar-refractivity contribution is -0.129. The molecule has 7 heteroatoms. The van der Waals surface area contributed by atoms with Gasteiger partial charge in [0, 0.05) is 23.4 Å². The number of nitrogens with one attached hydrogen (secondary N) is 1. The number of carbonyl (C=O) groups is 2. The summed E-state index contributed by atoms with van der Waals surface area (Å²) >= 11 is 3.17. The smallest absolute Gasteiger partial charge is 0.339 e. The summed E-state index contributed by atoms with van der Waals surface area (Å²) in [4.78, 5) is 28.9. The van der Waals surface area contributed by atoms with Crippen LogP contribution in [-0.2, 0) is 15.3 Å². The minimum absolute atomic E-state index is 0.280. The highest BCUT2D eigenvalue weighted by Crippen LogP contribution is 2.27. The third-order valence-electron chi connectivity index (χ3n) is 3.52. The van der Waals surface area contributed by atoms with Crippen LogP contribution in [0.3, 0.4) is 0 Å². The third-order valence-corrected chi connectivity index (χ3v) is 5.71. The summed E-state index contributed by atoms with van der Waals surface area (Å²) in [7, 11) is 0. The van der Waals surface area contributed by atoms with Gasteiger partial charge in [0.15, 0.2) is 6.10 Å². The van der Waals surface area contributed by atoms with Crippen molar-refractivity contribution in [3.63, 3.8) is 0 Å². The highest BCUT2D eigenvalue weighted by atomic mass is 32.2. The van der Waals surface area contributed by atoms with Crippen molar-refractivity contribution in [1.29, 1.82) is 0 Å². The van der Waals surface area contributed by atoms with E-state index in [9.17, 15) is 9.59 Å². The van der Waals surface area contributed by atoms with E-state index in [2.05, 4.69) is 10.3 Å². The van der Waals surface area contributed by atoms with Crippen LogP contribution in [0.4, 0.5) is 0 Å². The van der Waals surface area contributed by atoms with E-state index in [0.717, 1.165) is 15.6 Å². The molecule has 0 radical (unpaired) electrons. The maximum atomic E-state index is 12.5. The second kappa shape index (κ2) is 9.73. The predicted molar refractivity (Wildman–Crippen MR) is 106 cm³/mol. The van der Waals surface area contributed by atoms with Gasteiger partial charge < -0.3 is 10.1 Å². The fraction of sp³-hybridized carbons (Fsp3) is 0.421. The van der Waals surface area contributed by atoms with Crippen molar-refractivity contribution in [2.24, 2.45) is 5.92 Å². The minimum Gasteiger partial charge on any atom is -0.449 e. The number of carbonyl (C=O) groups excluding carboxylic acids is 2. The lowest BCUT2D eigenvalue weighted by Gasteiger charge is -2.15. The van der Waals surface area contributed by atoms with Crippen molar-refractivity contribution >= 4 is 35.0 Å². The van der Waals surface area contributed by atoms with Crippen LogP contribution < -0.4 is 5.32 Å². The lowest BCUT2D eigenvalue weighted by atomic mass is 10.1. The molecule has 0 saturated carbocycles. The van der Waals surface area contributed by atoms with E-state index in [1.165, 1.54) is 0 Å². The molecule has 0 bridgehead atoms. The molecule has 1 atom stereocenters. The summed E-state index contributed by atoms with van der Waals surface area (Å²) in [5.74, 6) is 0.196. The zero-order valence-corrected chi connectivity index (χ0v) is 17.1. The molecule has 0 aliphatic rings. The predicted octanol–water partition coefficient (Wildman–Crippen LogP) is 4.06. The standard InChI is InChI=1S/C19H24N2O3S2/c1-12(2)9-20-17(22)14(4)24-18(23)16-8-6-5-7-15(16)11-26-19-21-13(3)10-25-19/h5-8,10,12,14H,9,11H2,1-4H3,(H,20,22)/t14-/m1/s1. The van der Waals surface area contributed by atoms with Crippen LogP contribution in [0.5, 0.6) is 0 Å². The maximum absolute atomic E-state index is 12.5. The van der Waals surface area contributed by atoms with Crippen molar-refractivity contribution in [3.8, 4) is 0 Å². The molecule has 26 heavy (non-hydrogen) atoms. The fourth-order valence-corrected chi connectivity index (χ4v) is 3.96. The van der Waals surface area contributed by atoms with Gasteiger partial charge in [0.25, 0.3) is 5.91 Å². The number of benzene rings is 1. The maximum Gasteiger partial charge on any atom is 0.339 e. The van der Waals surface area contributed by atoms with Gasteiger partial charge >= 0.3 is 5.97 Å². The first-order valence-electron chi connectivity index (χ1n) is 8.48. The Morgan fingerprint density at radius 3 is 2.65 bits per heavy atom. The second-order valence-electron chi connectivity index (χ2n) is 6.39. The Morgan fingerprint density at radius 1 is 1.27 bits per heavy atom. The number of thioether (sulfide) groups is 1. The number of amides is 1. The molecule has 0 spiro atoms. The summed E-state index contributed by atoms with van der Waals surface area (Å²) in [6.07, 6.45) is -0.830. The number of ether oxygens (including phenoxy) is 1. The molecule has 1 heterocycles. The van der Waals surface area contributed by atoms with Crippen molar-refractivity contribution in [2.75, 3.05) is 6.54 Å². The van der Waals surface area contributed by atoms with Gasteiger partial charge in [-0.25, -0.2) is 9.78 Å². The molecule has 0 aliphatic carbocycles. The summed E-state index contributed by atoms with van der Waals surface area (Å²) in [5.41, 5.74) is 2.34. The number of aryl methyl sites for hydroxylation is 1. The lowest BCUT2D eigenvalue weighted by Crippen LogP contribution is -2.37. The van der Waals surface area contributed by atoms with Gasteiger partial charge in [0.05, 0.1) is 5.56 Å². The van der Waals surface area contributed by atoms with Gasteiger partial charge in [-0.1, -0.05) is 43.8 Å². The van der Waals surface area contributed by atoms with Gasteiger partial charge in [-0.2, -0.15) is 0 Å². The molecular formula is C19H24N2O3S2. The molecular weight excluding hydrogens is 368 g/mol. The summed E-state index contributed by atoms with van der Waals surface area (Å²) in [6.45, 7) is 8.12. The van der Waals surface area contributed by atoms with Gasteiger partial charge in [-0.05, 0) is 31.4 Å². The van der Waals surface area contributed by atoms with E-state index in [0.29, 0.717) is 23.8 Å². The zero-order valence-electron chi connectivity index (χ0n) is 15.4. The molecule has 140 valence electrons. The Morgan fingerprint density at radius 2 is 2.00 bits per heavy atom. The zero-order chi connectivity index (χ0) is 19.1. The van der Waals surface area contributed by atoms with Gasteiger partial charge in [0.2, 0.25) is 0 Å². The number of hydrogen-bond acceptors (Lipinski definition) is 6. The topological polar surface area (TPSA) is 68.3 Å². The van der Waals surface area contributed by atoms with Crippen molar-refractivity contribution in [2.45, 2.75) is 43.9 Å². The van der Waals surface area contributed by atoms with E-state index in [-0.39, 0.29) is 5.91 Å². The van der Waals surface area contributed by atoms with Crippen LogP contribution in [0.1, 0.15) is 42.4 Å². The molecule has 0 unspecified atom stereocenters. The summed E-state index contributed by atoms with van der Waals surface area (Å²) in [5, 5.41) is 4.78. The van der Waals surface area contributed by atoms with Crippen molar-refractivity contribution < 1.29 is 14.3 Å². The number of aromatic nitrogens is 1. The fourth-order valence-electron chi connectivity index (χ4n) is 2.11. The first-order valence-corrected chi connectivity index (χ1v) is 10.3. The largest absolute Gasteiger partial charge is 0.449 e. The van der Waals surface area contributed by atoms with E-state index in [1.807, 2.05) is 38.3 Å². The average Bonchev–Trinajstić information content (AvgIpc) is 3.03. The summed E-state index contributed by atoms with van der Waals surface area (Å²) in [6, 6.07) is 7.30. The molecule has 2 aromatic rings. The Bertz CT molecular complexity index is 759. The second-order valence-corrected chi connectivity index (χ2v) is 8.47. The Labute approximate surface area is 162 Å². The molecule has 1 amide bonds. The van der Waals surface area contributed by atoms with Crippen molar-refractivity contribution in [1.82, 2.24) is 10.3 Å². The number of hydrogen-bond donors (Lipinski definition) is 1. The highest BCUT2D eigenvalue weighted by Gasteiger charge is 2.20. The first-order chi connectivity index (χ1) is 12.4. The van der Waals surface area contributed by atoms with E-state index in [4.69, 9.17) is 4.74 Å². The first kappa shape index (κ1) is 20.5. The SMILES string of the molecule is Cc1csc(SCc2ccccc2C(=O)O[C@H](C)C(=O)NCC(C)C)n1. The molecule has 5 nitrogen and oxygen atoms in total. The van der Waals surface area contributed by atoms with Crippen LogP contribution in [-0.4, -0.2) is 29.5 Å². The molecule has 1 N–H and O–H groups in total. The molecule has 1 aromatic carbocycles. The molecule has 0 fully saturated rings. The highest BCUT2D eigenvalue weighted by molar-refractivity contribution is 8.00. The quantitative estimate of drug-likeness (QED) is 0.542. The average molecular weight is 393 g/mol. The number of rotatable bonds is 8. The molecule has 2 rings (SSSR count). The van der Waals surface area contributed by atoms with Crippen LogP contribution >= 0.6 is 23.1 Å². The van der Waals surface area contributed by atoms with Crippen LogP contribution in [0.15, 0.2) is 34.0 Å². The van der Waals surface area contributed by atoms with Crippen LogP contribution in [0.25, 0.3) is 0 Å². The number of esters is 1. The van der Waals surface area contributed by atoms with Crippen LogP contribution in [0, 0.1) is 12.8 Å². The number of nitrogens with zero attached hydrogens (tertiary/aromatic N) is 1. The van der Waals surface area contributed by atoms with Gasteiger partial charge in [-0.15, -0.1) is 11.3 Å². The van der Waals surface area contributed by atoms with E-state index < -0.39 is 12.1 Å². The number of thiazole rings is 1. The Balaban J connectivity index is 1.98. The van der Waals surface area contributed by atoms with Gasteiger partial charge in [0.1, 0.15) is 4.34 Å². The molecule has 1 aromatic heterocycles. The Kier molecular flexibility index (Phi) is 7.66. The minimum atomic E-state index is -0.830. The summed E-state index contributed by atoms with van der Waals surface area (Å²) < 4.78 is 6.32. The van der Waals surface area contributed by atoms with E-state index >= 15 is 0 Å².